The van der Waals surface area contributed by atoms with Crippen LogP contribution in [-0.2, 0) is 0 Å². The molecule has 0 aliphatic carbocycles. The van der Waals surface area contributed by atoms with Crippen LogP contribution in [0.5, 0.6) is 0 Å². The van der Waals surface area contributed by atoms with Crippen molar-refractivity contribution in [3.8, 4) is 0 Å². The molecule has 1 rings (SSSR count). The maximum Gasteiger partial charge on any atom is 0.00694 e. The lowest BCUT2D eigenvalue weighted by atomic mass is 9.93. The average molecular weight is 212 g/mol. The number of rotatable bonds is 5. The number of nitrogens with two attached hydrogens (primary N) is 1. The molecule has 0 aromatic rings. The second-order valence-electron chi connectivity index (χ2n) is 5.33. The van der Waals surface area contributed by atoms with Gasteiger partial charge in [-0.05, 0) is 58.0 Å². The summed E-state index contributed by atoms with van der Waals surface area (Å²) in [6, 6.07) is 1.20. The van der Waals surface area contributed by atoms with Crippen molar-refractivity contribution in [3.63, 3.8) is 0 Å². The Kier molecular flexibility index (Phi) is 5.62. The van der Waals surface area contributed by atoms with Crippen molar-refractivity contribution in [2.45, 2.75) is 65.0 Å². The number of piperidine rings is 1. The largest absolute Gasteiger partial charge is 0.328 e. The first kappa shape index (κ1) is 13.0. The first-order valence-corrected chi connectivity index (χ1v) is 6.63. The van der Waals surface area contributed by atoms with Gasteiger partial charge in [-0.2, -0.15) is 0 Å². The van der Waals surface area contributed by atoms with Crippen LogP contribution in [0.1, 0.15) is 52.9 Å². The van der Waals surface area contributed by atoms with E-state index in [1.807, 2.05) is 0 Å². The van der Waals surface area contributed by atoms with Crippen LogP contribution < -0.4 is 5.73 Å². The van der Waals surface area contributed by atoms with E-state index in [1.54, 1.807) is 0 Å². The zero-order valence-corrected chi connectivity index (χ0v) is 10.7. The zero-order chi connectivity index (χ0) is 11.3. The molecule has 3 unspecified atom stereocenters. The normalized spacial score (nSPS) is 30.4. The van der Waals surface area contributed by atoms with E-state index in [0.29, 0.717) is 6.04 Å². The van der Waals surface area contributed by atoms with E-state index in [-0.39, 0.29) is 0 Å². The van der Waals surface area contributed by atoms with Gasteiger partial charge in [0.15, 0.2) is 0 Å². The second kappa shape index (κ2) is 6.49. The molecule has 2 N–H and O–H groups in total. The molecule has 90 valence electrons. The molecular weight excluding hydrogens is 184 g/mol. The van der Waals surface area contributed by atoms with E-state index in [4.69, 9.17) is 5.73 Å². The van der Waals surface area contributed by atoms with E-state index in [1.165, 1.54) is 38.8 Å². The highest BCUT2D eigenvalue weighted by atomic mass is 15.2. The van der Waals surface area contributed by atoms with Gasteiger partial charge in [0.05, 0.1) is 0 Å². The molecular formula is C13H28N2. The van der Waals surface area contributed by atoms with Crippen molar-refractivity contribution in [1.29, 1.82) is 0 Å². The Hall–Kier alpha value is -0.0800. The van der Waals surface area contributed by atoms with Gasteiger partial charge in [0, 0.05) is 12.1 Å². The van der Waals surface area contributed by atoms with Gasteiger partial charge in [0.2, 0.25) is 0 Å². The van der Waals surface area contributed by atoms with Gasteiger partial charge in [-0.1, -0.05) is 13.8 Å². The molecule has 15 heavy (non-hydrogen) atoms. The fourth-order valence-corrected chi connectivity index (χ4v) is 2.55. The molecule has 0 spiro atoms. The Balaban J connectivity index is 2.15. The predicted molar refractivity (Wildman–Crippen MR) is 66.9 cm³/mol. The smallest absolute Gasteiger partial charge is 0.00694 e. The van der Waals surface area contributed by atoms with E-state index in [0.717, 1.165) is 18.4 Å². The molecule has 1 saturated heterocycles. The summed E-state index contributed by atoms with van der Waals surface area (Å²) in [4.78, 5) is 2.64. The van der Waals surface area contributed by atoms with E-state index < -0.39 is 0 Å². The standard InChI is InChI=1S/C13H28N2/c1-4-13(14)6-5-8-15-9-7-11(2)10-12(15)3/h11-13H,4-10,14H2,1-3H3. The summed E-state index contributed by atoms with van der Waals surface area (Å²) in [5.74, 6) is 0.925. The van der Waals surface area contributed by atoms with Gasteiger partial charge < -0.3 is 10.6 Å². The van der Waals surface area contributed by atoms with Crippen LogP contribution in [0.2, 0.25) is 0 Å². The second-order valence-corrected chi connectivity index (χ2v) is 5.33. The van der Waals surface area contributed by atoms with Crippen molar-refractivity contribution in [2.75, 3.05) is 13.1 Å². The van der Waals surface area contributed by atoms with Crippen molar-refractivity contribution in [1.82, 2.24) is 4.90 Å². The van der Waals surface area contributed by atoms with Crippen molar-refractivity contribution in [2.24, 2.45) is 11.7 Å². The summed E-state index contributed by atoms with van der Waals surface area (Å²) in [6.45, 7) is 9.47. The molecule has 0 aromatic carbocycles. The molecule has 0 bridgehead atoms. The van der Waals surface area contributed by atoms with Gasteiger partial charge in [0.1, 0.15) is 0 Å². The van der Waals surface area contributed by atoms with Gasteiger partial charge >= 0.3 is 0 Å². The fraction of sp³-hybridized carbons (Fsp3) is 1.00. The van der Waals surface area contributed by atoms with Gasteiger partial charge in [-0.25, -0.2) is 0 Å². The quantitative estimate of drug-likeness (QED) is 0.759. The maximum atomic E-state index is 5.93. The van der Waals surface area contributed by atoms with E-state index in [2.05, 4.69) is 25.7 Å². The molecule has 2 heteroatoms. The molecule has 0 radical (unpaired) electrons. The average Bonchev–Trinajstić information content (AvgIpc) is 2.21. The third kappa shape index (κ3) is 4.52. The Morgan fingerprint density at radius 2 is 2.13 bits per heavy atom. The Morgan fingerprint density at radius 1 is 1.40 bits per heavy atom. The third-order valence-corrected chi connectivity index (χ3v) is 3.82. The summed E-state index contributed by atoms with van der Waals surface area (Å²) in [5, 5.41) is 0. The molecule has 0 amide bonds. The molecule has 3 atom stereocenters. The van der Waals surface area contributed by atoms with E-state index in [9.17, 15) is 0 Å². The SMILES string of the molecule is CCC(N)CCCN1CCC(C)CC1C. The monoisotopic (exact) mass is 212 g/mol. The van der Waals surface area contributed by atoms with Crippen molar-refractivity contribution >= 4 is 0 Å². The highest BCUT2D eigenvalue weighted by molar-refractivity contribution is 4.77. The van der Waals surface area contributed by atoms with Crippen LogP contribution in [0.25, 0.3) is 0 Å². The predicted octanol–water partition coefficient (Wildman–Crippen LogP) is 2.62. The van der Waals surface area contributed by atoms with E-state index >= 15 is 0 Å². The lowest BCUT2D eigenvalue weighted by Gasteiger charge is -2.36. The lowest BCUT2D eigenvalue weighted by Crippen LogP contribution is -2.41. The molecule has 2 nitrogen and oxygen atoms in total. The lowest BCUT2D eigenvalue weighted by molar-refractivity contribution is 0.126. The Morgan fingerprint density at radius 3 is 2.73 bits per heavy atom. The summed E-state index contributed by atoms with van der Waals surface area (Å²) in [5.41, 5.74) is 5.93. The zero-order valence-electron chi connectivity index (χ0n) is 10.7. The van der Waals surface area contributed by atoms with Gasteiger partial charge in [-0.3, -0.25) is 0 Å². The van der Waals surface area contributed by atoms with Crippen LogP contribution >= 0.6 is 0 Å². The number of nitrogens with zero attached hydrogens (tertiary/aromatic N) is 1. The topological polar surface area (TPSA) is 29.3 Å². The molecule has 1 fully saturated rings. The minimum absolute atomic E-state index is 0.420. The molecule has 1 aliphatic rings. The summed E-state index contributed by atoms with van der Waals surface area (Å²) < 4.78 is 0. The summed E-state index contributed by atoms with van der Waals surface area (Å²) >= 11 is 0. The van der Waals surface area contributed by atoms with Crippen LogP contribution in [-0.4, -0.2) is 30.1 Å². The first-order chi connectivity index (χ1) is 7.13. The van der Waals surface area contributed by atoms with Crippen LogP contribution in [0.3, 0.4) is 0 Å². The Labute approximate surface area is 95.2 Å². The van der Waals surface area contributed by atoms with Crippen molar-refractivity contribution in [3.05, 3.63) is 0 Å². The van der Waals surface area contributed by atoms with Crippen molar-refractivity contribution < 1.29 is 0 Å². The highest BCUT2D eigenvalue weighted by Crippen LogP contribution is 2.22. The third-order valence-electron chi connectivity index (χ3n) is 3.82. The molecule has 1 aliphatic heterocycles. The number of hydrogen-bond donors (Lipinski definition) is 1. The molecule has 1 heterocycles. The minimum Gasteiger partial charge on any atom is -0.328 e. The first-order valence-electron chi connectivity index (χ1n) is 6.63. The number of hydrogen-bond acceptors (Lipinski definition) is 2. The highest BCUT2D eigenvalue weighted by Gasteiger charge is 2.21. The van der Waals surface area contributed by atoms with Crippen LogP contribution in [0.15, 0.2) is 0 Å². The van der Waals surface area contributed by atoms with Crippen LogP contribution in [0, 0.1) is 5.92 Å². The minimum atomic E-state index is 0.420. The molecule has 0 aromatic heterocycles. The fourth-order valence-electron chi connectivity index (χ4n) is 2.55. The maximum absolute atomic E-state index is 5.93. The summed E-state index contributed by atoms with van der Waals surface area (Å²) in [7, 11) is 0. The van der Waals surface area contributed by atoms with Gasteiger partial charge in [-0.15, -0.1) is 0 Å². The van der Waals surface area contributed by atoms with Crippen LogP contribution in [0.4, 0.5) is 0 Å². The number of likely N-dealkylation sites (tertiary alicyclic amines) is 1. The Bertz CT molecular complexity index is 170. The molecule has 0 saturated carbocycles. The van der Waals surface area contributed by atoms with Gasteiger partial charge in [0.25, 0.3) is 0 Å². The summed E-state index contributed by atoms with van der Waals surface area (Å²) in [6.07, 6.45) is 6.33.